The standard InChI is InChI=1S/C2H4O3.Rb.H/c1-5-2(3)4;;/h1H3,(H,3,4);;/q;+1;-1. The Morgan fingerprint density at radius 3 is 2.17 bits per heavy atom. The van der Waals surface area contributed by atoms with Crippen LogP contribution in [0.2, 0.25) is 0 Å². The Morgan fingerprint density at radius 2 is 2.17 bits per heavy atom. The second kappa shape index (κ2) is 6.08. The van der Waals surface area contributed by atoms with Gasteiger partial charge in [-0.1, -0.05) is 0 Å². The summed E-state index contributed by atoms with van der Waals surface area (Å²) in [4.78, 5) is 9.15. The van der Waals surface area contributed by atoms with Gasteiger partial charge in [0, 0.05) is 0 Å². The molecule has 0 radical (unpaired) electrons. The molecule has 0 aliphatic heterocycles. The first-order valence-electron chi connectivity index (χ1n) is 1.04. The van der Waals surface area contributed by atoms with Crippen molar-refractivity contribution in [1.29, 1.82) is 0 Å². The van der Waals surface area contributed by atoms with Crippen LogP contribution in [0.3, 0.4) is 0 Å². The second-order valence-corrected chi connectivity index (χ2v) is 0.470. The van der Waals surface area contributed by atoms with Gasteiger partial charge in [-0.05, 0) is 0 Å². The monoisotopic (exact) mass is 162 g/mol. The van der Waals surface area contributed by atoms with Gasteiger partial charge in [-0.15, -0.1) is 0 Å². The summed E-state index contributed by atoms with van der Waals surface area (Å²) in [5.41, 5.74) is 0. The Hall–Kier alpha value is 1.08. The molecule has 32 valence electrons. The van der Waals surface area contributed by atoms with Crippen molar-refractivity contribution in [2.24, 2.45) is 0 Å². The fourth-order valence-electron chi connectivity index (χ4n) is 0. The molecular weight excluding hydrogens is 157 g/mol. The molecule has 0 spiro atoms. The maximum absolute atomic E-state index is 9.15. The first-order chi connectivity index (χ1) is 2.27. The fourth-order valence-corrected chi connectivity index (χ4v) is 0. The molecule has 0 saturated carbocycles. The summed E-state index contributed by atoms with van der Waals surface area (Å²) in [5.74, 6) is 0. The number of methoxy groups -OCH3 is 1. The van der Waals surface area contributed by atoms with Crippen molar-refractivity contribution >= 4 is 6.16 Å². The van der Waals surface area contributed by atoms with Crippen molar-refractivity contribution in [1.82, 2.24) is 0 Å². The van der Waals surface area contributed by atoms with Crippen LogP contribution in [0.25, 0.3) is 0 Å². The van der Waals surface area contributed by atoms with E-state index in [-0.39, 0.29) is 59.6 Å². The van der Waals surface area contributed by atoms with Gasteiger partial charge in [0.05, 0.1) is 7.11 Å². The largest absolute Gasteiger partial charge is 1.00 e. The third kappa shape index (κ3) is 8.91. The van der Waals surface area contributed by atoms with Gasteiger partial charge < -0.3 is 11.3 Å². The van der Waals surface area contributed by atoms with Crippen molar-refractivity contribution < 1.29 is 74.3 Å². The van der Waals surface area contributed by atoms with E-state index in [9.17, 15) is 0 Å². The summed E-state index contributed by atoms with van der Waals surface area (Å²) >= 11 is 0. The molecule has 0 aliphatic carbocycles. The predicted molar refractivity (Wildman–Crippen MR) is 16.1 cm³/mol. The SMILES string of the molecule is COC(=O)O.[H-].[Rb+]. The average molecular weight is 163 g/mol. The van der Waals surface area contributed by atoms with Crippen molar-refractivity contribution in [3.05, 3.63) is 0 Å². The Labute approximate surface area is 86.0 Å². The average Bonchev–Trinajstić information content (AvgIpc) is 1.38. The minimum atomic E-state index is -1.25. The number of ether oxygens (including phenoxy) is 1. The van der Waals surface area contributed by atoms with Gasteiger partial charge in [-0.25, -0.2) is 4.79 Å². The number of carboxylic acid groups (broad SMARTS) is 1. The van der Waals surface area contributed by atoms with Gasteiger partial charge in [-0.2, -0.15) is 0 Å². The summed E-state index contributed by atoms with van der Waals surface area (Å²) < 4.78 is 3.67. The van der Waals surface area contributed by atoms with Gasteiger partial charge in [0.15, 0.2) is 0 Å². The molecule has 0 heterocycles. The molecule has 0 fully saturated rings. The molecule has 0 aliphatic rings. The number of hydrogen-bond donors (Lipinski definition) is 1. The van der Waals surface area contributed by atoms with Crippen LogP contribution in [0.4, 0.5) is 4.79 Å². The third-order valence-corrected chi connectivity index (χ3v) is 0.175. The van der Waals surface area contributed by atoms with Gasteiger partial charge >= 0.3 is 64.3 Å². The van der Waals surface area contributed by atoms with E-state index in [4.69, 9.17) is 9.90 Å². The van der Waals surface area contributed by atoms with E-state index in [0.29, 0.717) is 0 Å². The maximum Gasteiger partial charge on any atom is 1.00 e. The zero-order chi connectivity index (χ0) is 4.28. The molecule has 0 aromatic carbocycles. The van der Waals surface area contributed by atoms with Crippen LogP contribution in [-0.2, 0) is 4.74 Å². The van der Waals surface area contributed by atoms with E-state index in [1.165, 1.54) is 0 Å². The Bertz CT molecular complexity index is 48.2. The van der Waals surface area contributed by atoms with E-state index in [0.717, 1.165) is 7.11 Å². The van der Waals surface area contributed by atoms with E-state index in [1.54, 1.807) is 0 Å². The minimum absolute atomic E-state index is 0. The molecule has 6 heavy (non-hydrogen) atoms. The fraction of sp³-hybridized carbons (Fsp3) is 0.500. The van der Waals surface area contributed by atoms with Crippen LogP contribution >= 0.6 is 0 Å². The maximum atomic E-state index is 9.15. The third-order valence-electron chi connectivity index (χ3n) is 0.175. The van der Waals surface area contributed by atoms with Crippen LogP contribution in [-0.4, -0.2) is 18.4 Å². The van der Waals surface area contributed by atoms with E-state index < -0.39 is 6.16 Å². The van der Waals surface area contributed by atoms with Crippen LogP contribution in [0.15, 0.2) is 0 Å². The molecule has 1 N–H and O–H groups in total. The molecule has 0 rings (SSSR count). The summed E-state index contributed by atoms with van der Waals surface area (Å²) in [5, 5.41) is 7.50. The van der Waals surface area contributed by atoms with Crippen LogP contribution < -0.4 is 58.2 Å². The Balaban J connectivity index is -0.0000000800. The zero-order valence-electron chi connectivity index (χ0n) is 4.76. The van der Waals surface area contributed by atoms with Gasteiger partial charge in [0.2, 0.25) is 0 Å². The normalized spacial score (nSPS) is 5.50. The van der Waals surface area contributed by atoms with Crippen molar-refractivity contribution in [3.8, 4) is 0 Å². The van der Waals surface area contributed by atoms with Crippen molar-refractivity contribution in [2.45, 2.75) is 0 Å². The van der Waals surface area contributed by atoms with Crippen molar-refractivity contribution in [2.75, 3.05) is 7.11 Å². The molecule has 4 heteroatoms. The summed E-state index contributed by atoms with van der Waals surface area (Å²) in [6.45, 7) is 0. The predicted octanol–water partition coefficient (Wildman–Crippen LogP) is -2.57. The topological polar surface area (TPSA) is 46.5 Å². The number of carbonyl (C=O) groups is 1. The summed E-state index contributed by atoms with van der Waals surface area (Å²) in [6.07, 6.45) is -1.25. The summed E-state index contributed by atoms with van der Waals surface area (Å²) in [6, 6.07) is 0. The number of hydrogen-bond acceptors (Lipinski definition) is 2. The first kappa shape index (κ1) is 10.1. The van der Waals surface area contributed by atoms with E-state index >= 15 is 0 Å². The summed E-state index contributed by atoms with van der Waals surface area (Å²) in [7, 11) is 1.10. The molecule has 0 aromatic heterocycles. The molecule has 0 aromatic rings. The molecule has 0 amide bonds. The molecule has 0 bridgehead atoms. The smallest absolute Gasteiger partial charge is 1.00 e. The molecule has 0 atom stereocenters. The van der Waals surface area contributed by atoms with Gasteiger partial charge in [-0.3, -0.25) is 0 Å². The van der Waals surface area contributed by atoms with Crippen molar-refractivity contribution in [3.63, 3.8) is 0 Å². The quantitative estimate of drug-likeness (QED) is 0.398. The zero-order valence-corrected chi connectivity index (χ0v) is 8.68. The molecule has 0 unspecified atom stereocenters. The molecular formula is C2H5O3Rb. The number of rotatable bonds is 0. The Kier molecular flexibility index (Phi) is 10.3. The van der Waals surface area contributed by atoms with E-state index in [1.807, 2.05) is 0 Å². The van der Waals surface area contributed by atoms with Crippen LogP contribution in [0, 0.1) is 0 Å². The molecule has 0 saturated heterocycles. The Morgan fingerprint density at radius 1 is 2.00 bits per heavy atom. The van der Waals surface area contributed by atoms with E-state index in [2.05, 4.69) is 4.74 Å². The molecule has 3 nitrogen and oxygen atoms in total. The minimum Gasteiger partial charge on any atom is -1.00 e. The van der Waals surface area contributed by atoms with Gasteiger partial charge in [0.25, 0.3) is 0 Å². The first-order valence-corrected chi connectivity index (χ1v) is 1.04. The van der Waals surface area contributed by atoms with Crippen LogP contribution in [0.1, 0.15) is 1.43 Å². The second-order valence-electron chi connectivity index (χ2n) is 0.470. The van der Waals surface area contributed by atoms with Crippen LogP contribution in [0.5, 0.6) is 0 Å². The van der Waals surface area contributed by atoms with Gasteiger partial charge in [0.1, 0.15) is 0 Å².